The van der Waals surface area contributed by atoms with Crippen LogP contribution in [0.5, 0.6) is 5.75 Å². The van der Waals surface area contributed by atoms with Crippen molar-refractivity contribution < 1.29 is 9.84 Å². The van der Waals surface area contributed by atoms with Crippen LogP contribution in [-0.4, -0.2) is 23.9 Å². The van der Waals surface area contributed by atoms with Crippen LogP contribution in [0.1, 0.15) is 50.7 Å². The van der Waals surface area contributed by atoms with Crippen molar-refractivity contribution in [1.29, 1.82) is 0 Å². The van der Waals surface area contributed by atoms with Gasteiger partial charge in [0.15, 0.2) is 0 Å². The fraction of sp³-hybridized carbons (Fsp3) is 0.667. The SMILES string of the molecule is CC1(C)Cc2cc(CNCC3(CO)CCCC3)ccc2O1. The molecule has 0 amide bonds. The lowest BCUT2D eigenvalue weighted by atomic mass is 9.87. The highest BCUT2D eigenvalue weighted by molar-refractivity contribution is 5.41. The fourth-order valence-corrected chi connectivity index (χ4v) is 3.76. The summed E-state index contributed by atoms with van der Waals surface area (Å²) in [4.78, 5) is 0. The number of ether oxygens (including phenoxy) is 1. The highest BCUT2D eigenvalue weighted by Crippen LogP contribution is 2.37. The molecule has 1 saturated carbocycles. The molecule has 2 aliphatic rings. The largest absolute Gasteiger partial charge is 0.487 e. The number of aliphatic hydroxyl groups excluding tert-OH is 1. The molecule has 0 atom stereocenters. The van der Waals surface area contributed by atoms with Gasteiger partial charge in [-0.15, -0.1) is 0 Å². The van der Waals surface area contributed by atoms with E-state index in [9.17, 15) is 5.11 Å². The summed E-state index contributed by atoms with van der Waals surface area (Å²) >= 11 is 0. The zero-order valence-electron chi connectivity index (χ0n) is 13.2. The Morgan fingerprint density at radius 2 is 2.00 bits per heavy atom. The summed E-state index contributed by atoms with van der Waals surface area (Å²) in [5.41, 5.74) is 2.68. The van der Waals surface area contributed by atoms with Crippen LogP contribution < -0.4 is 10.1 Å². The first kappa shape index (κ1) is 14.9. The molecule has 0 bridgehead atoms. The van der Waals surface area contributed by atoms with Crippen molar-refractivity contribution in [2.45, 2.75) is 58.1 Å². The normalized spacial score (nSPS) is 22.0. The zero-order valence-corrected chi connectivity index (χ0v) is 13.2. The molecule has 3 nitrogen and oxygen atoms in total. The Kier molecular flexibility index (Phi) is 3.98. The van der Waals surface area contributed by atoms with Crippen LogP contribution >= 0.6 is 0 Å². The van der Waals surface area contributed by atoms with Crippen LogP contribution in [0.15, 0.2) is 18.2 Å². The predicted octanol–water partition coefficient (Wildman–Crippen LogP) is 3.04. The Hall–Kier alpha value is -1.06. The molecular formula is C18H27NO2. The predicted molar refractivity (Wildman–Crippen MR) is 84.5 cm³/mol. The molecule has 2 N–H and O–H groups in total. The number of nitrogens with one attached hydrogen (secondary N) is 1. The van der Waals surface area contributed by atoms with Gasteiger partial charge in [0, 0.05) is 31.5 Å². The van der Waals surface area contributed by atoms with Crippen molar-refractivity contribution in [1.82, 2.24) is 5.32 Å². The molecule has 0 spiro atoms. The van der Waals surface area contributed by atoms with E-state index in [-0.39, 0.29) is 11.0 Å². The molecule has 1 aliphatic heterocycles. The lowest BCUT2D eigenvalue weighted by molar-refractivity contribution is 0.128. The third-order valence-electron chi connectivity index (χ3n) is 4.96. The first-order valence-electron chi connectivity index (χ1n) is 8.14. The number of aliphatic hydroxyl groups is 1. The fourth-order valence-electron chi connectivity index (χ4n) is 3.76. The summed E-state index contributed by atoms with van der Waals surface area (Å²) < 4.78 is 5.91. The number of hydrogen-bond acceptors (Lipinski definition) is 3. The van der Waals surface area contributed by atoms with Gasteiger partial charge in [-0.2, -0.15) is 0 Å². The quantitative estimate of drug-likeness (QED) is 0.875. The van der Waals surface area contributed by atoms with Crippen molar-refractivity contribution in [2.75, 3.05) is 13.2 Å². The Morgan fingerprint density at radius 1 is 1.24 bits per heavy atom. The Balaban J connectivity index is 1.57. The third-order valence-corrected chi connectivity index (χ3v) is 4.96. The van der Waals surface area contributed by atoms with Crippen LogP contribution in [0.2, 0.25) is 0 Å². The summed E-state index contributed by atoms with van der Waals surface area (Å²) in [5.74, 6) is 1.03. The Morgan fingerprint density at radius 3 is 2.71 bits per heavy atom. The second-order valence-electron chi connectivity index (χ2n) is 7.45. The van der Waals surface area contributed by atoms with Crippen LogP contribution in [0, 0.1) is 5.41 Å². The van der Waals surface area contributed by atoms with Crippen LogP contribution in [0.25, 0.3) is 0 Å². The second kappa shape index (κ2) is 5.62. The number of hydrogen-bond donors (Lipinski definition) is 2. The lowest BCUT2D eigenvalue weighted by Gasteiger charge is -2.26. The van der Waals surface area contributed by atoms with Gasteiger partial charge in [0.1, 0.15) is 11.4 Å². The van der Waals surface area contributed by atoms with Gasteiger partial charge in [0.2, 0.25) is 0 Å². The molecule has 1 aromatic carbocycles. The molecular weight excluding hydrogens is 262 g/mol. The van der Waals surface area contributed by atoms with E-state index in [1.165, 1.54) is 24.0 Å². The van der Waals surface area contributed by atoms with E-state index in [4.69, 9.17) is 4.74 Å². The topological polar surface area (TPSA) is 41.5 Å². The van der Waals surface area contributed by atoms with Gasteiger partial charge in [0.25, 0.3) is 0 Å². The molecule has 1 fully saturated rings. The molecule has 1 aromatic rings. The van der Waals surface area contributed by atoms with E-state index in [1.807, 2.05) is 0 Å². The smallest absolute Gasteiger partial charge is 0.123 e. The molecule has 3 heteroatoms. The van der Waals surface area contributed by atoms with E-state index >= 15 is 0 Å². The Labute approximate surface area is 127 Å². The van der Waals surface area contributed by atoms with Crippen molar-refractivity contribution in [3.8, 4) is 5.75 Å². The highest BCUT2D eigenvalue weighted by Gasteiger charge is 2.33. The molecule has 1 heterocycles. The van der Waals surface area contributed by atoms with Gasteiger partial charge < -0.3 is 15.2 Å². The van der Waals surface area contributed by atoms with Crippen molar-refractivity contribution in [3.05, 3.63) is 29.3 Å². The average Bonchev–Trinajstić information content (AvgIpc) is 3.01. The lowest BCUT2D eigenvalue weighted by Crippen LogP contribution is -2.34. The van der Waals surface area contributed by atoms with Gasteiger partial charge in [0.05, 0.1) is 0 Å². The van der Waals surface area contributed by atoms with Gasteiger partial charge in [-0.1, -0.05) is 25.0 Å². The van der Waals surface area contributed by atoms with Gasteiger partial charge >= 0.3 is 0 Å². The summed E-state index contributed by atoms with van der Waals surface area (Å²) in [6.07, 6.45) is 5.81. The second-order valence-corrected chi connectivity index (χ2v) is 7.45. The van der Waals surface area contributed by atoms with Crippen LogP contribution in [0.3, 0.4) is 0 Å². The van der Waals surface area contributed by atoms with Crippen LogP contribution in [0.4, 0.5) is 0 Å². The van der Waals surface area contributed by atoms with Crippen molar-refractivity contribution in [3.63, 3.8) is 0 Å². The minimum Gasteiger partial charge on any atom is -0.487 e. The zero-order chi connectivity index (χ0) is 14.9. The summed E-state index contributed by atoms with van der Waals surface area (Å²) in [5, 5.41) is 13.2. The van der Waals surface area contributed by atoms with E-state index in [1.54, 1.807) is 0 Å². The molecule has 0 unspecified atom stereocenters. The standard InChI is InChI=1S/C18H27NO2/c1-17(2)10-15-9-14(5-6-16(15)21-17)11-19-12-18(13-20)7-3-4-8-18/h5-6,9,19-20H,3-4,7-8,10-13H2,1-2H3. The molecule has 0 saturated heterocycles. The van der Waals surface area contributed by atoms with Crippen LogP contribution in [-0.2, 0) is 13.0 Å². The van der Waals surface area contributed by atoms with E-state index in [0.717, 1.165) is 38.1 Å². The minimum absolute atomic E-state index is 0.0703. The third kappa shape index (κ3) is 3.24. The number of fused-ring (bicyclic) bond motifs is 1. The molecule has 21 heavy (non-hydrogen) atoms. The van der Waals surface area contributed by atoms with E-state index < -0.39 is 0 Å². The maximum absolute atomic E-state index is 9.64. The highest BCUT2D eigenvalue weighted by atomic mass is 16.5. The summed E-state index contributed by atoms with van der Waals surface area (Å²) in [6.45, 7) is 6.37. The van der Waals surface area contributed by atoms with E-state index in [2.05, 4.69) is 37.4 Å². The molecule has 1 aliphatic carbocycles. The minimum atomic E-state index is -0.0703. The maximum atomic E-state index is 9.64. The Bertz CT molecular complexity index is 504. The first-order chi connectivity index (χ1) is 10.0. The molecule has 3 rings (SSSR count). The monoisotopic (exact) mass is 289 g/mol. The van der Waals surface area contributed by atoms with Gasteiger partial charge in [-0.3, -0.25) is 0 Å². The summed E-state index contributed by atoms with van der Waals surface area (Å²) in [6, 6.07) is 6.50. The molecule has 0 aromatic heterocycles. The maximum Gasteiger partial charge on any atom is 0.123 e. The average molecular weight is 289 g/mol. The first-order valence-corrected chi connectivity index (χ1v) is 8.14. The molecule has 0 radical (unpaired) electrons. The molecule has 116 valence electrons. The number of benzene rings is 1. The van der Waals surface area contributed by atoms with Gasteiger partial charge in [-0.05, 0) is 43.9 Å². The van der Waals surface area contributed by atoms with Crippen molar-refractivity contribution in [2.24, 2.45) is 5.41 Å². The summed E-state index contributed by atoms with van der Waals surface area (Å²) in [7, 11) is 0. The number of rotatable bonds is 5. The van der Waals surface area contributed by atoms with Gasteiger partial charge in [-0.25, -0.2) is 0 Å². The van der Waals surface area contributed by atoms with E-state index in [0.29, 0.717) is 6.61 Å². The van der Waals surface area contributed by atoms with Crippen molar-refractivity contribution >= 4 is 0 Å².